The zero-order valence-corrected chi connectivity index (χ0v) is 11.2. The highest BCUT2D eigenvalue weighted by Gasteiger charge is 2.09. The summed E-state index contributed by atoms with van der Waals surface area (Å²) in [4.78, 5) is 12.7. The molecule has 0 aliphatic carbocycles. The van der Waals surface area contributed by atoms with Crippen LogP contribution in [0.3, 0.4) is 0 Å². The predicted octanol–water partition coefficient (Wildman–Crippen LogP) is 1.89. The Morgan fingerprint density at radius 3 is 2.65 bits per heavy atom. The highest BCUT2D eigenvalue weighted by molar-refractivity contribution is 7.99. The molecular formula is C13H20N2OS. The first-order chi connectivity index (χ1) is 8.26. The maximum atomic E-state index is 11.4. The second-order valence-electron chi connectivity index (χ2n) is 3.83. The van der Waals surface area contributed by atoms with E-state index in [2.05, 4.69) is 29.7 Å². The van der Waals surface area contributed by atoms with Crippen molar-refractivity contribution in [2.24, 2.45) is 0 Å². The molecule has 0 saturated carbocycles. The Kier molecular flexibility index (Phi) is 6.74. The van der Waals surface area contributed by atoms with Crippen molar-refractivity contribution in [1.29, 1.82) is 0 Å². The number of benzene rings is 1. The molecule has 0 aliphatic heterocycles. The van der Waals surface area contributed by atoms with Crippen LogP contribution in [0.25, 0.3) is 0 Å². The van der Waals surface area contributed by atoms with Crippen LogP contribution >= 0.6 is 11.8 Å². The lowest BCUT2D eigenvalue weighted by atomic mass is 10.2. The molecule has 3 nitrogen and oxygen atoms in total. The lowest BCUT2D eigenvalue weighted by Gasteiger charge is -2.16. The van der Waals surface area contributed by atoms with Gasteiger partial charge < -0.3 is 10.6 Å². The Labute approximate surface area is 107 Å². The maximum absolute atomic E-state index is 11.4. The van der Waals surface area contributed by atoms with Gasteiger partial charge in [0.1, 0.15) is 0 Å². The second-order valence-corrected chi connectivity index (χ2v) is 4.92. The Morgan fingerprint density at radius 1 is 1.35 bits per heavy atom. The number of amides is 1. The van der Waals surface area contributed by atoms with E-state index in [1.54, 1.807) is 18.8 Å². The molecule has 0 aromatic heterocycles. The van der Waals surface area contributed by atoms with E-state index in [1.165, 1.54) is 4.90 Å². The van der Waals surface area contributed by atoms with Crippen LogP contribution in [-0.4, -0.2) is 31.3 Å². The molecule has 0 bridgehead atoms. The standard InChI is InChI=1S/C13H20N2OS/c1-3-11(15-13(16)9-14-2)10-17-12-7-5-4-6-8-12/h4-8,11,14H,3,9-10H2,1-2H3,(H,15,16)/t11-/m1/s1. The molecule has 0 heterocycles. The van der Waals surface area contributed by atoms with Crippen molar-refractivity contribution in [2.45, 2.75) is 24.3 Å². The van der Waals surface area contributed by atoms with Crippen LogP contribution in [0.4, 0.5) is 0 Å². The number of rotatable bonds is 7. The average Bonchev–Trinajstić information content (AvgIpc) is 2.36. The van der Waals surface area contributed by atoms with Gasteiger partial charge >= 0.3 is 0 Å². The van der Waals surface area contributed by atoms with Crippen molar-refractivity contribution in [2.75, 3.05) is 19.3 Å². The summed E-state index contributed by atoms with van der Waals surface area (Å²) < 4.78 is 0. The molecule has 0 aliphatic rings. The lowest BCUT2D eigenvalue weighted by molar-refractivity contribution is -0.120. The molecule has 1 aromatic rings. The molecule has 1 aromatic carbocycles. The second kappa shape index (κ2) is 8.14. The van der Waals surface area contributed by atoms with Gasteiger partial charge in [0.2, 0.25) is 5.91 Å². The van der Waals surface area contributed by atoms with Crippen molar-refractivity contribution in [3.63, 3.8) is 0 Å². The Balaban J connectivity index is 2.34. The number of nitrogens with one attached hydrogen (secondary N) is 2. The van der Waals surface area contributed by atoms with Crippen LogP contribution in [0.1, 0.15) is 13.3 Å². The number of carbonyl (C=O) groups excluding carboxylic acids is 1. The zero-order valence-electron chi connectivity index (χ0n) is 10.4. The van der Waals surface area contributed by atoms with E-state index in [0.29, 0.717) is 6.54 Å². The highest BCUT2D eigenvalue weighted by atomic mass is 32.2. The minimum Gasteiger partial charge on any atom is -0.351 e. The summed E-state index contributed by atoms with van der Waals surface area (Å²) >= 11 is 1.78. The van der Waals surface area contributed by atoms with Gasteiger partial charge in [0.05, 0.1) is 6.54 Å². The van der Waals surface area contributed by atoms with Crippen LogP contribution in [0.15, 0.2) is 35.2 Å². The van der Waals surface area contributed by atoms with Gasteiger partial charge in [-0.3, -0.25) is 4.79 Å². The fourth-order valence-electron chi connectivity index (χ4n) is 1.41. The summed E-state index contributed by atoms with van der Waals surface area (Å²) in [6.45, 7) is 2.47. The van der Waals surface area contributed by atoms with Crippen molar-refractivity contribution < 1.29 is 4.79 Å². The predicted molar refractivity (Wildman–Crippen MR) is 73.3 cm³/mol. The molecule has 1 rings (SSSR count). The van der Waals surface area contributed by atoms with Gasteiger partial charge in [-0.1, -0.05) is 25.1 Å². The normalized spacial score (nSPS) is 12.1. The fraction of sp³-hybridized carbons (Fsp3) is 0.462. The Bertz CT molecular complexity index is 329. The summed E-state index contributed by atoms with van der Waals surface area (Å²) in [5.74, 6) is 0.976. The van der Waals surface area contributed by atoms with Crippen molar-refractivity contribution in [1.82, 2.24) is 10.6 Å². The van der Waals surface area contributed by atoms with Gasteiger partial charge in [0, 0.05) is 16.7 Å². The molecule has 0 unspecified atom stereocenters. The SMILES string of the molecule is CC[C@H](CSc1ccccc1)NC(=O)CNC. The topological polar surface area (TPSA) is 41.1 Å². The number of carbonyl (C=O) groups is 1. The van der Waals surface area contributed by atoms with E-state index >= 15 is 0 Å². The van der Waals surface area contributed by atoms with E-state index in [1.807, 2.05) is 18.2 Å². The molecule has 4 heteroatoms. The van der Waals surface area contributed by atoms with Gasteiger partial charge in [-0.2, -0.15) is 0 Å². The molecule has 0 radical (unpaired) electrons. The van der Waals surface area contributed by atoms with Gasteiger partial charge in [-0.25, -0.2) is 0 Å². The third-order valence-electron chi connectivity index (χ3n) is 2.39. The third-order valence-corrected chi connectivity index (χ3v) is 3.56. The molecule has 94 valence electrons. The van der Waals surface area contributed by atoms with Crippen LogP contribution in [0.2, 0.25) is 0 Å². The van der Waals surface area contributed by atoms with Crippen molar-refractivity contribution >= 4 is 17.7 Å². The summed E-state index contributed by atoms with van der Waals surface area (Å²) in [7, 11) is 1.78. The van der Waals surface area contributed by atoms with E-state index in [9.17, 15) is 4.79 Å². The molecule has 0 spiro atoms. The molecule has 17 heavy (non-hydrogen) atoms. The van der Waals surface area contributed by atoms with E-state index in [0.717, 1.165) is 12.2 Å². The first-order valence-corrected chi connectivity index (χ1v) is 6.86. The Morgan fingerprint density at radius 2 is 2.06 bits per heavy atom. The van der Waals surface area contributed by atoms with E-state index < -0.39 is 0 Å². The third kappa shape index (κ3) is 5.75. The minimum absolute atomic E-state index is 0.0630. The van der Waals surface area contributed by atoms with Crippen LogP contribution < -0.4 is 10.6 Å². The molecule has 0 saturated heterocycles. The maximum Gasteiger partial charge on any atom is 0.234 e. The molecule has 1 amide bonds. The fourth-order valence-corrected chi connectivity index (χ4v) is 2.48. The number of hydrogen-bond donors (Lipinski definition) is 2. The number of hydrogen-bond acceptors (Lipinski definition) is 3. The van der Waals surface area contributed by atoms with Gasteiger partial charge in [0.25, 0.3) is 0 Å². The summed E-state index contributed by atoms with van der Waals surface area (Å²) in [6, 6.07) is 10.5. The summed E-state index contributed by atoms with van der Waals surface area (Å²) in [5, 5.41) is 5.87. The number of likely N-dealkylation sites (N-methyl/N-ethyl adjacent to an activating group) is 1. The van der Waals surface area contributed by atoms with E-state index in [4.69, 9.17) is 0 Å². The molecule has 0 fully saturated rings. The molecule has 1 atom stereocenters. The first-order valence-electron chi connectivity index (χ1n) is 5.88. The van der Waals surface area contributed by atoms with Gasteiger partial charge in [0.15, 0.2) is 0 Å². The Hall–Kier alpha value is -1.00. The monoisotopic (exact) mass is 252 g/mol. The number of thioether (sulfide) groups is 1. The first kappa shape index (κ1) is 14.1. The molecular weight excluding hydrogens is 232 g/mol. The summed E-state index contributed by atoms with van der Waals surface area (Å²) in [6.07, 6.45) is 0.954. The van der Waals surface area contributed by atoms with Crippen LogP contribution in [0.5, 0.6) is 0 Å². The van der Waals surface area contributed by atoms with Gasteiger partial charge in [-0.05, 0) is 25.6 Å². The van der Waals surface area contributed by atoms with Crippen molar-refractivity contribution in [3.8, 4) is 0 Å². The lowest BCUT2D eigenvalue weighted by Crippen LogP contribution is -2.40. The summed E-state index contributed by atoms with van der Waals surface area (Å²) in [5.41, 5.74) is 0. The van der Waals surface area contributed by atoms with E-state index in [-0.39, 0.29) is 11.9 Å². The smallest absolute Gasteiger partial charge is 0.234 e. The average molecular weight is 252 g/mol. The van der Waals surface area contributed by atoms with Gasteiger partial charge in [-0.15, -0.1) is 11.8 Å². The molecule has 2 N–H and O–H groups in total. The van der Waals surface area contributed by atoms with Crippen molar-refractivity contribution in [3.05, 3.63) is 30.3 Å². The van der Waals surface area contributed by atoms with Crippen LogP contribution in [0, 0.1) is 0 Å². The highest BCUT2D eigenvalue weighted by Crippen LogP contribution is 2.18. The largest absolute Gasteiger partial charge is 0.351 e. The van der Waals surface area contributed by atoms with Crippen LogP contribution in [-0.2, 0) is 4.79 Å². The minimum atomic E-state index is 0.0630. The zero-order chi connectivity index (χ0) is 12.5. The quantitative estimate of drug-likeness (QED) is 0.728.